The van der Waals surface area contributed by atoms with Crippen LogP contribution in [-0.4, -0.2) is 40.2 Å². The second-order valence-electron chi connectivity index (χ2n) is 12.7. The minimum Gasteiger partial charge on any atom is -0.508 e. The number of fused-ring (bicyclic) bond motifs is 5. The number of phenols is 1. The molecule has 0 aliphatic heterocycles. The maximum Gasteiger partial charge on any atom is 0.222 e. The van der Waals surface area contributed by atoms with Crippen molar-refractivity contribution in [3.8, 4) is 17.6 Å². The van der Waals surface area contributed by atoms with E-state index in [4.69, 9.17) is 0 Å². The first-order valence-corrected chi connectivity index (χ1v) is 15.6. The molecule has 0 aromatic heterocycles. The molecular formula is C34H51NO3. The molecule has 5 atom stereocenters. The molecule has 1 aromatic carbocycles. The zero-order valence-corrected chi connectivity index (χ0v) is 24.2. The van der Waals surface area contributed by atoms with Gasteiger partial charge in [-0.15, -0.1) is 5.92 Å². The minimum absolute atomic E-state index is 0.113. The molecule has 1 amide bonds. The van der Waals surface area contributed by atoms with E-state index in [0.717, 1.165) is 83.6 Å². The fourth-order valence-electron chi connectivity index (χ4n) is 7.91. The first kappa shape index (κ1) is 29.0. The van der Waals surface area contributed by atoms with E-state index >= 15 is 0 Å². The van der Waals surface area contributed by atoms with Crippen molar-refractivity contribution < 1.29 is 15.0 Å². The molecular weight excluding hydrogens is 470 g/mol. The number of aliphatic hydroxyl groups is 1. The molecule has 38 heavy (non-hydrogen) atoms. The second-order valence-corrected chi connectivity index (χ2v) is 12.7. The van der Waals surface area contributed by atoms with Gasteiger partial charge in [0.25, 0.3) is 0 Å². The molecule has 4 rings (SSSR count). The van der Waals surface area contributed by atoms with E-state index in [0.29, 0.717) is 29.9 Å². The lowest BCUT2D eigenvalue weighted by molar-refractivity contribution is -0.130. The number of carbonyl (C=O) groups is 1. The Kier molecular flexibility index (Phi) is 9.85. The standard InChI is InChI=1S/C34H51NO3/c1-4-5-24-35(3)32(37)14-12-10-8-6-7-9-11-13-21-34(38)23-20-31-30-17-15-26-25-27(36)16-18-28(26)29(30)19-22-33(31,34)2/h16,18,25,29-31,36,38H,4-12,14-15,17,19-20,22-24H2,1-3H3/t29-,30-,31+,33+,34+/m1/s1. The zero-order chi connectivity index (χ0) is 27.2. The number of carbonyl (C=O) groups excluding carboxylic acids is 1. The molecule has 0 radical (unpaired) electrons. The molecule has 3 aliphatic rings. The van der Waals surface area contributed by atoms with Crippen molar-refractivity contribution in [2.45, 2.75) is 128 Å². The summed E-state index contributed by atoms with van der Waals surface area (Å²) in [5.41, 5.74) is 1.80. The second kappa shape index (κ2) is 12.9. The Morgan fingerprint density at radius 2 is 1.82 bits per heavy atom. The summed E-state index contributed by atoms with van der Waals surface area (Å²) in [6.45, 7) is 5.35. The molecule has 0 saturated heterocycles. The van der Waals surface area contributed by atoms with E-state index in [2.05, 4.69) is 31.8 Å². The summed E-state index contributed by atoms with van der Waals surface area (Å²) >= 11 is 0. The van der Waals surface area contributed by atoms with Crippen LogP contribution in [0, 0.1) is 29.1 Å². The van der Waals surface area contributed by atoms with E-state index in [1.807, 2.05) is 24.1 Å². The molecule has 0 unspecified atom stereocenters. The van der Waals surface area contributed by atoms with Gasteiger partial charge in [0, 0.05) is 31.8 Å². The Morgan fingerprint density at radius 1 is 1.05 bits per heavy atom. The normalized spacial score (nSPS) is 29.5. The van der Waals surface area contributed by atoms with Crippen LogP contribution >= 0.6 is 0 Å². The maximum atomic E-state index is 12.1. The van der Waals surface area contributed by atoms with Crippen LogP contribution in [0.4, 0.5) is 0 Å². The third kappa shape index (κ3) is 6.25. The number of aromatic hydroxyl groups is 1. The summed E-state index contributed by atoms with van der Waals surface area (Å²) in [4.78, 5) is 14.0. The van der Waals surface area contributed by atoms with E-state index in [-0.39, 0.29) is 11.3 Å². The lowest BCUT2D eigenvalue weighted by Gasteiger charge is -2.52. The maximum absolute atomic E-state index is 12.1. The summed E-state index contributed by atoms with van der Waals surface area (Å²) in [6, 6.07) is 5.96. The van der Waals surface area contributed by atoms with Gasteiger partial charge in [0.05, 0.1) is 0 Å². The fraction of sp³-hybridized carbons (Fsp3) is 0.735. The predicted octanol–water partition coefficient (Wildman–Crippen LogP) is 7.36. The van der Waals surface area contributed by atoms with Crippen molar-refractivity contribution in [1.29, 1.82) is 0 Å². The summed E-state index contributed by atoms with van der Waals surface area (Å²) in [6.07, 6.45) is 16.8. The smallest absolute Gasteiger partial charge is 0.222 e. The number of unbranched alkanes of at least 4 members (excludes halogenated alkanes) is 7. The van der Waals surface area contributed by atoms with Gasteiger partial charge < -0.3 is 15.1 Å². The molecule has 4 heteroatoms. The van der Waals surface area contributed by atoms with Gasteiger partial charge in [0.15, 0.2) is 0 Å². The summed E-state index contributed by atoms with van der Waals surface area (Å²) in [7, 11) is 1.93. The lowest BCUT2D eigenvalue weighted by atomic mass is 9.53. The highest BCUT2D eigenvalue weighted by atomic mass is 16.3. The number of phenolic OH excluding ortho intramolecular Hbond substituents is 1. The summed E-state index contributed by atoms with van der Waals surface area (Å²) in [5.74, 6) is 9.17. The zero-order valence-electron chi connectivity index (χ0n) is 24.2. The Hall–Kier alpha value is -1.99. The van der Waals surface area contributed by atoms with Gasteiger partial charge in [0.2, 0.25) is 5.91 Å². The average Bonchev–Trinajstić information content (AvgIpc) is 3.18. The van der Waals surface area contributed by atoms with E-state index < -0.39 is 5.60 Å². The van der Waals surface area contributed by atoms with Crippen LogP contribution in [0.3, 0.4) is 0 Å². The first-order chi connectivity index (χ1) is 18.3. The highest BCUT2D eigenvalue weighted by Gasteiger charge is 2.61. The van der Waals surface area contributed by atoms with Crippen molar-refractivity contribution in [3.05, 3.63) is 29.3 Å². The molecule has 0 spiro atoms. The van der Waals surface area contributed by atoms with Gasteiger partial charge in [-0.3, -0.25) is 4.79 Å². The molecule has 0 heterocycles. The van der Waals surface area contributed by atoms with E-state index in [1.54, 1.807) is 0 Å². The molecule has 0 bridgehead atoms. The average molecular weight is 522 g/mol. The van der Waals surface area contributed by atoms with E-state index in [9.17, 15) is 15.0 Å². The summed E-state index contributed by atoms with van der Waals surface area (Å²) in [5, 5.41) is 21.7. The van der Waals surface area contributed by atoms with Crippen LogP contribution < -0.4 is 0 Å². The van der Waals surface area contributed by atoms with Crippen molar-refractivity contribution in [3.63, 3.8) is 0 Å². The van der Waals surface area contributed by atoms with Gasteiger partial charge >= 0.3 is 0 Å². The lowest BCUT2D eigenvalue weighted by Crippen LogP contribution is -2.50. The quantitative estimate of drug-likeness (QED) is 0.236. The molecule has 2 fully saturated rings. The van der Waals surface area contributed by atoms with Gasteiger partial charge in [-0.05, 0) is 98.8 Å². The van der Waals surface area contributed by atoms with Crippen LogP contribution in [0.25, 0.3) is 0 Å². The highest BCUT2D eigenvalue weighted by molar-refractivity contribution is 5.75. The van der Waals surface area contributed by atoms with Gasteiger partial charge in [-0.2, -0.15) is 0 Å². The van der Waals surface area contributed by atoms with Crippen molar-refractivity contribution in [2.24, 2.45) is 17.3 Å². The number of aryl methyl sites for hydroxylation is 1. The minimum atomic E-state index is -0.852. The Labute approximate surface area is 231 Å². The van der Waals surface area contributed by atoms with Gasteiger partial charge in [0.1, 0.15) is 11.4 Å². The number of nitrogens with zero attached hydrogens (tertiary/aromatic N) is 1. The van der Waals surface area contributed by atoms with Crippen LogP contribution in [0.2, 0.25) is 0 Å². The van der Waals surface area contributed by atoms with Crippen molar-refractivity contribution in [1.82, 2.24) is 4.90 Å². The fourth-order valence-corrected chi connectivity index (χ4v) is 7.91. The number of rotatable bonds is 11. The number of hydrogen-bond acceptors (Lipinski definition) is 3. The topological polar surface area (TPSA) is 60.8 Å². The van der Waals surface area contributed by atoms with Crippen LogP contribution in [0.1, 0.15) is 127 Å². The van der Waals surface area contributed by atoms with Crippen LogP contribution in [0.15, 0.2) is 18.2 Å². The van der Waals surface area contributed by atoms with Gasteiger partial charge in [-0.25, -0.2) is 0 Å². The van der Waals surface area contributed by atoms with Crippen molar-refractivity contribution >= 4 is 5.91 Å². The van der Waals surface area contributed by atoms with Gasteiger partial charge in [-0.1, -0.05) is 57.9 Å². The molecule has 210 valence electrons. The third-order valence-electron chi connectivity index (χ3n) is 10.4. The number of benzene rings is 1. The predicted molar refractivity (Wildman–Crippen MR) is 155 cm³/mol. The first-order valence-electron chi connectivity index (χ1n) is 15.6. The van der Waals surface area contributed by atoms with Crippen LogP contribution in [0.5, 0.6) is 5.75 Å². The Balaban J connectivity index is 1.18. The SMILES string of the molecule is CCCCN(C)C(=O)CCCCCCCCC#C[C@]1(O)CC[C@H]2[C@@H]3CCc4cc(O)ccc4[C@H]3CC[C@@]21C. The van der Waals surface area contributed by atoms with E-state index in [1.165, 1.54) is 30.4 Å². The number of amides is 1. The number of hydrogen-bond donors (Lipinski definition) is 2. The Morgan fingerprint density at radius 3 is 2.61 bits per heavy atom. The molecule has 4 nitrogen and oxygen atoms in total. The van der Waals surface area contributed by atoms with Crippen molar-refractivity contribution in [2.75, 3.05) is 13.6 Å². The largest absolute Gasteiger partial charge is 0.508 e. The monoisotopic (exact) mass is 521 g/mol. The molecule has 3 aliphatic carbocycles. The summed E-state index contributed by atoms with van der Waals surface area (Å²) < 4.78 is 0. The molecule has 2 N–H and O–H groups in total. The highest BCUT2D eigenvalue weighted by Crippen LogP contribution is 2.64. The Bertz CT molecular complexity index is 1010. The van der Waals surface area contributed by atoms with Crippen LogP contribution in [-0.2, 0) is 11.2 Å². The molecule has 2 saturated carbocycles. The molecule has 1 aromatic rings. The third-order valence-corrected chi connectivity index (χ3v) is 10.4.